The van der Waals surface area contributed by atoms with Crippen LogP contribution in [0.15, 0.2) is 4.99 Å². The number of carbonyl (C=O) groups excluding carboxylic acids is 1. The van der Waals surface area contributed by atoms with Crippen molar-refractivity contribution in [1.82, 2.24) is 5.32 Å². The van der Waals surface area contributed by atoms with Gasteiger partial charge in [-0.2, -0.15) is 0 Å². The highest BCUT2D eigenvalue weighted by Crippen LogP contribution is 2.02. The van der Waals surface area contributed by atoms with Crippen molar-refractivity contribution in [2.45, 2.75) is 33.3 Å². The molecule has 0 spiro atoms. The Labute approximate surface area is 96.1 Å². The van der Waals surface area contributed by atoms with Gasteiger partial charge in [0.05, 0.1) is 18.1 Å². The summed E-state index contributed by atoms with van der Waals surface area (Å²) in [5.41, 5.74) is 0.820. The zero-order valence-electron chi connectivity index (χ0n) is 9.66. The number of ether oxygens (including phenoxy) is 1. The molecule has 0 aromatic heterocycles. The molecule has 0 atom stereocenters. The topological polar surface area (TPSA) is 50.7 Å². The van der Waals surface area contributed by atoms with Crippen LogP contribution in [0, 0.1) is 0 Å². The maximum Gasteiger partial charge on any atom is 0.293 e. The smallest absolute Gasteiger partial charge is 0.293 e. The van der Waals surface area contributed by atoms with E-state index in [1.807, 2.05) is 27.7 Å². The molecule has 1 rings (SSSR count). The highest BCUT2D eigenvalue weighted by Gasteiger charge is 2.07. The van der Waals surface area contributed by atoms with Crippen LogP contribution in [0.2, 0.25) is 0 Å². The Kier molecular flexibility index (Phi) is 6.08. The van der Waals surface area contributed by atoms with Gasteiger partial charge < -0.3 is 10.1 Å². The van der Waals surface area contributed by atoms with Crippen LogP contribution in [0.25, 0.3) is 0 Å². The molecule has 1 N–H and O–H groups in total. The molecule has 0 fully saturated rings. The van der Waals surface area contributed by atoms with Gasteiger partial charge in [-0.25, -0.2) is 0 Å². The van der Waals surface area contributed by atoms with Crippen LogP contribution in [-0.2, 0) is 9.53 Å². The van der Waals surface area contributed by atoms with E-state index in [1.165, 1.54) is 0 Å². The molecule has 0 radical (unpaired) electrons. The first-order valence-corrected chi connectivity index (χ1v) is 5.14. The molecule has 0 bridgehead atoms. The Balaban J connectivity index is 0.000000265. The Morgan fingerprint density at radius 3 is 2.33 bits per heavy atom. The number of aliphatic imine (C=N–C) groups is 1. The summed E-state index contributed by atoms with van der Waals surface area (Å²) in [7, 11) is 0. The van der Waals surface area contributed by atoms with Crippen molar-refractivity contribution in [2.75, 3.05) is 13.1 Å². The number of nitrogens with zero attached hydrogens (tertiary/aromatic N) is 1. The van der Waals surface area contributed by atoms with Crippen LogP contribution in [0.1, 0.15) is 27.7 Å². The lowest BCUT2D eigenvalue weighted by molar-refractivity contribution is -0.138. The van der Waals surface area contributed by atoms with Gasteiger partial charge in [0.15, 0.2) is 0 Å². The lowest BCUT2D eigenvalue weighted by Gasteiger charge is -2.14. The molecule has 86 valence electrons. The lowest BCUT2D eigenvalue weighted by Crippen LogP contribution is -2.33. The van der Waals surface area contributed by atoms with Gasteiger partial charge in [0.2, 0.25) is 0 Å². The highest BCUT2D eigenvalue weighted by atomic mass is 32.1. The third-order valence-corrected chi connectivity index (χ3v) is 1.71. The van der Waals surface area contributed by atoms with E-state index in [-0.39, 0.29) is 5.60 Å². The molecule has 0 saturated heterocycles. The van der Waals surface area contributed by atoms with Crippen molar-refractivity contribution in [3.05, 3.63) is 0 Å². The summed E-state index contributed by atoms with van der Waals surface area (Å²) in [6.07, 6.45) is 0. The zero-order chi connectivity index (χ0) is 11.9. The summed E-state index contributed by atoms with van der Waals surface area (Å²) in [5, 5.41) is 3.03. The number of nitrogens with one attached hydrogen (secondary N) is 1. The van der Waals surface area contributed by atoms with Crippen molar-refractivity contribution >= 4 is 29.4 Å². The molecular weight excluding hydrogens is 212 g/mol. The van der Waals surface area contributed by atoms with Crippen LogP contribution in [0.5, 0.6) is 0 Å². The molecule has 0 aromatic carbocycles. The Hall–Kier alpha value is -0.970. The first kappa shape index (κ1) is 14.0. The van der Waals surface area contributed by atoms with Crippen molar-refractivity contribution in [1.29, 1.82) is 0 Å². The van der Waals surface area contributed by atoms with Gasteiger partial charge in [0, 0.05) is 5.71 Å². The largest absolute Gasteiger partial charge is 0.462 e. The van der Waals surface area contributed by atoms with Crippen LogP contribution in [-0.4, -0.2) is 35.9 Å². The molecule has 15 heavy (non-hydrogen) atoms. The molecule has 0 unspecified atom stereocenters. The summed E-state index contributed by atoms with van der Waals surface area (Å²) < 4.78 is 4.55. The maximum absolute atomic E-state index is 9.60. The van der Waals surface area contributed by atoms with Crippen LogP contribution in [0.3, 0.4) is 0 Å². The molecule has 0 saturated carbocycles. The molecular formula is C10H18N2O2S. The molecule has 1 aliphatic heterocycles. The molecule has 5 heteroatoms. The fourth-order valence-corrected chi connectivity index (χ4v) is 0.826. The Morgan fingerprint density at radius 2 is 2.13 bits per heavy atom. The number of rotatable bonds is 1. The third kappa shape index (κ3) is 9.34. The molecule has 1 heterocycles. The monoisotopic (exact) mass is 230 g/mol. The number of hydrogen-bond acceptors (Lipinski definition) is 4. The number of carbonyl (C=O) groups is 1. The van der Waals surface area contributed by atoms with E-state index >= 15 is 0 Å². The van der Waals surface area contributed by atoms with Gasteiger partial charge >= 0.3 is 0 Å². The Morgan fingerprint density at radius 1 is 1.53 bits per heavy atom. The molecule has 1 aliphatic rings. The summed E-state index contributed by atoms with van der Waals surface area (Å²) >= 11 is 4.84. The van der Waals surface area contributed by atoms with Crippen molar-refractivity contribution in [2.24, 2.45) is 4.99 Å². The van der Waals surface area contributed by atoms with Gasteiger partial charge in [0.25, 0.3) is 6.47 Å². The second-order valence-electron chi connectivity index (χ2n) is 4.15. The van der Waals surface area contributed by atoms with Crippen LogP contribution in [0.4, 0.5) is 0 Å². The molecule has 0 aliphatic carbocycles. The fourth-order valence-electron chi connectivity index (χ4n) is 0.689. The Bertz CT molecular complexity index is 257. The first-order chi connectivity index (χ1) is 6.85. The van der Waals surface area contributed by atoms with Gasteiger partial charge in [-0.05, 0) is 27.7 Å². The predicted octanol–water partition coefficient (Wildman–Crippen LogP) is 1.34. The third-order valence-electron chi connectivity index (χ3n) is 1.44. The number of thiocarbonyl (C=S) groups is 1. The van der Waals surface area contributed by atoms with Crippen molar-refractivity contribution in [3.8, 4) is 0 Å². The summed E-state index contributed by atoms with van der Waals surface area (Å²) in [5.74, 6) is 0. The zero-order valence-corrected chi connectivity index (χ0v) is 10.5. The molecule has 0 amide bonds. The lowest BCUT2D eigenvalue weighted by atomic mass is 10.2. The van der Waals surface area contributed by atoms with E-state index < -0.39 is 0 Å². The predicted molar refractivity (Wildman–Crippen MR) is 65.5 cm³/mol. The van der Waals surface area contributed by atoms with Gasteiger partial charge in [-0.3, -0.25) is 9.79 Å². The van der Waals surface area contributed by atoms with Gasteiger partial charge in [-0.15, -0.1) is 0 Å². The summed E-state index contributed by atoms with van der Waals surface area (Å²) in [4.78, 5) is 14.6. The van der Waals surface area contributed by atoms with E-state index in [0.717, 1.165) is 17.2 Å². The van der Waals surface area contributed by atoms with Gasteiger partial charge in [0.1, 0.15) is 5.60 Å². The average molecular weight is 230 g/mol. The van der Waals surface area contributed by atoms with E-state index in [2.05, 4.69) is 15.0 Å². The maximum atomic E-state index is 9.60. The summed E-state index contributed by atoms with van der Waals surface area (Å²) in [6.45, 7) is 9.43. The SMILES string of the molecule is CC(C)(C)OC=O.CC1=NCC(=S)NC1. The fraction of sp³-hybridized carbons (Fsp3) is 0.700. The average Bonchev–Trinajstić information content (AvgIpc) is 2.09. The standard InChI is InChI=1S/C5H8N2S.C5H10O2/c1-4-2-7-5(8)3-6-4;1-5(2,3)7-4-6/h2-3H2,1H3,(H,7,8);4H,1-3H3. The molecule has 0 aromatic rings. The minimum absolute atomic E-state index is 0.318. The van der Waals surface area contributed by atoms with Crippen LogP contribution >= 0.6 is 12.2 Å². The van der Waals surface area contributed by atoms with Crippen molar-refractivity contribution < 1.29 is 9.53 Å². The second-order valence-corrected chi connectivity index (χ2v) is 4.65. The van der Waals surface area contributed by atoms with Crippen molar-refractivity contribution in [3.63, 3.8) is 0 Å². The second kappa shape index (κ2) is 6.50. The molecule has 4 nitrogen and oxygen atoms in total. The highest BCUT2D eigenvalue weighted by molar-refractivity contribution is 7.80. The summed E-state index contributed by atoms with van der Waals surface area (Å²) in [6, 6.07) is 0. The van der Waals surface area contributed by atoms with E-state index in [1.54, 1.807) is 0 Å². The minimum Gasteiger partial charge on any atom is -0.462 e. The normalized spacial score (nSPS) is 15.5. The quantitative estimate of drug-likeness (QED) is 0.545. The first-order valence-electron chi connectivity index (χ1n) is 4.73. The number of hydrogen-bond donors (Lipinski definition) is 1. The van der Waals surface area contributed by atoms with Crippen LogP contribution < -0.4 is 5.32 Å². The van der Waals surface area contributed by atoms with E-state index in [0.29, 0.717) is 13.0 Å². The van der Waals surface area contributed by atoms with Gasteiger partial charge in [-0.1, -0.05) is 12.2 Å². The van der Waals surface area contributed by atoms with E-state index in [4.69, 9.17) is 12.2 Å². The van der Waals surface area contributed by atoms with E-state index in [9.17, 15) is 4.79 Å². The minimum atomic E-state index is -0.318.